The zero-order chi connectivity index (χ0) is 20.2. The Morgan fingerprint density at radius 2 is 1.93 bits per heavy atom. The highest BCUT2D eigenvalue weighted by Crippen LogP contribution is 2.33. The van der Waals surface area contributed by atoms with Gasteiger partial charge in [-0.15, -0.1) is 0 Å². The molecule has 4 rings (SSSR count). The van der Waals surface area contributed by atoms with Gasteiger partial charge in [-0.25, -0.2) is 4.39 Å². The summed E-state index contributed by atoms with van der Waals surface area (Å²) in [6.45, 7) is 0.572. The Balaban J connectivity index is 1.63. The summed E-state index contributed by atoms with van der Waals surface area (Å²) in [4.78, 5) is 14.9. The van der Waals surface area contributed by atoms with E-state index in [9.17, 15) is 9.18 Å². The number of likely N-dealkylation sites (tertiary alicyclic amines) is 1. The third-order valence-corrected chi connectivity index (χ3v) is 5.36. The highest BCUT2D eigenvalue weighted by atomic mass is 19.1. The SMILES string of the molecule is COc1ccc(-c2cc([C@@H]3CCCCCN3C(=O)c3ccccc3F)no2)cc1. The topological polar surface area (TPSA) is 55.6 Å². The lowest BCUT2D eigenvalue weighted by molar-refractivity contribution is 0.0669. The van der Waals surface area contributed by atoms with Crippen molar-refractivity contribution in [2.24, 2.45) is 0 Å². The van der Waals surface area contributed by atoms with E-state index in [2.05, 4.69) is 5.16 Å². The fourth-order valence-electron chi connectivity index (χ4n) is 3.79. The maximum absolute atomic E-state index is 14.2. The fraction of sp³-hybridized carbons (Fsp3) is 0.304. The number of amides is 1. The van der Waals surface area contributed by atoms with E-state index in [1.54, 1.807) is 24.1 Å². The lowest BCUT2D eigenvalue weighted by atomic mass is 10.0. The standard InChI is InChI=1S/C23H23FN2O3/c1-28-17-12-10-16(11-13-17)22-15-20(25-29-22)21-9-3-2-6-14-26(21)23(27)18-7-4-5-8-19(18)24/h4-5,7-8,10-13,15,21H,2-3,6,9,14H2,1H3/t21-/m0/s1. The molecule has 29 heavy (non-hydrogen) atoms. The molecule has 0 saturated carbocycles. The van der Waals surface area contributed by atoms with Crippen molar-refractivity contribution in [2.45, 2.75) is 31.7 Å². The van der Waals surface area contributed by atoms with E-state index in [1.165, 1.54) is 12.1 Å². The first-order valence-corrected chi connectivity index (χ1v) is 9.84. The van der Waals surface area contributed by atoms with Crippen LogP contribution in [0.1, 0.15) is 47.8 Å². The van der Waals surface area contributed by atoms with Crippen molar-refractivity contribution in [1.29, 1.82) is 0 Å². The number of rotatable bonds is 4. The molecule has 5 nitrogen and oxygen atoms in total. The molecule has 1 aliphatic rings. The van der Waals surface area contributed by atoms with Crippen LogP contribution in [0, 0.1) is 5.82 Å². The summed E-state index contributed by atoms with van der Waals surface area (Å²) < 4.78 is 25.0. The average Bonchev–Trinajstić information content (AvgIpc) is 3.11. The van der Waals surface area contributed by atoms with E-state index in [0.717, 1.165) is 37.0 Å². The number of hydrogen-bond donors (Lipinski definition) is 0. The molecular weight excluding hydrogens is 371 g/mol. The number of methoxy groups -OCH3 is 1. The van der Waals surface area contributed by atoms with E-state index in [1.807, 2.05) is 30.3 Å². The zero-order valence-corrected chi connectivity index (χ0v) is 16.3. The maximum Gasteiger partial charge on any atom is 0.257 e. The molecule has 1 fully saturated rings. The van der Waals surface area contributed by atoms with Crippen molar-refractivity contribution < 1.29 is 18.4 Å². The summed E-state index contributed by atoms with van der Waals surface area (Å²) in [7, 11) is 1.62. The van der Waals surface area contributed by atoms with Gasteiger partial charge in [0.2, 0.25) is 0 Å². The highest BCUT2D eigenvalue weighted by molar-refractivity contribution is 5.94. The molecule has 0 radical (unpaired) electrons. The highest BCUT2D eigenvalue weighted by Gasteiger charge is 2.31. The van der Waals surface area contributed by atoms with Crippen LogP contribution in [0.2, 0.25) is 0 Å². The van der Waals surface area contributed by atoms with Gasteiger partial charge in [0.05, 0.1) is 18.7 Å². The molecule has 3 aromatic rings. The van der Waals surface area contributed by atoms with Gasteiger partial charge in [-0.1, -0.05) is 30.1 Å². The average molecular weight is 394 g/mol. The molecule has 0 bridgehead atoms. The quantitative estimate of drug-likeness (QED) is 0.607. The van der Waals surface area contributed by atoms with Gasteiger partial charge in [0.1, 0.15) is 17.3 Å². The van der Waals surface area contributed by atoms with Gasteiger partial charge in [-0.3, -0.25) is 4.79 Å². The largest absolute Gasteiger partial charge is 0.497 e. The van der Waals surface area contributed by atoms with Crippen molar-refractivity contribution in [3.8, 4) is 17.1 Å². The molecule has 1 atom stereocenters. The Hall–Kier alpha value is -3.15. The smallest absolute Gasteiger partial charge is 0.257 e. The van der Waals surface area contributed by atoms with Crippen LogP contribution in [0.4, 0.5) is 4.39 Å². The van der Waals surface area contributed by atoms with E-state index < -0.39 is 5.82 Å². The predicted octanol–water partition coefficient (Wildman–Crippen LogP) is 5.25. The molecule has 150 valence electrons. The molecule has 1 amide bonds. The Labute approximate surface area is 169 Å². The summed E-state index contributed by atoms with van der Waals surface area (Å²) in [5, 5.41) is 4.26. The van der Waals surface area contributed by atoms with Crippen LogP contribution in [-0.2, 0) is 0 Å². The van der Waals surface area contributed by atoms with Gasteiger partial charge >= 0.3 is 0 Å². The van der Waals surface area contributed by atoms with Crippen molar-refractivity contribution >= 4 is 5.91 Å². The maximum atomic E-state index is 14.2. The second kappa shape index (κ2) is 8.47. The van der Waals surface area contributed by atoms with Crippen molar-refractivity contribution in [1.82, 2.24) is 10.1 Å². The lowest BCUT2D eigenvalue weighted by Gasteiger charge is -2.28. The van der Waals surface area contributed by atoms with Crippen molar-refractivity contribution in [2.75, 3.05) is 13.7 Å². The molecule has 2 heterocycles. The number of halogens is 1. The van der Waals surface area contributed by atoms with Gasteiger partial charge in [0.15, 0.2) is 5.76 Å². The molecular formula is C23H23FN2O3. The Kier molecular flexibility index (Phi) is 5.60. The Morgan fingerprint density at radius 3 is 2.69 bits per heavy atom. The number of carbonyl (C=O) groups excluding carboxylic acids is 1. The first-order valence-electron chi connectivity index (χ1n) is 9.84. The predicted molar refractivity (Wildman–Crippen MR) is 107 cm³/mol. The van der Waals surface area contributed by atoms with Gasteiger partial charge < -0.3 is 14.2 Å². The summed E-state index contributed by atoms with van der Waals surface area (Å²) in [5.41, 5.74) is 1.67. The van der Waals surface area contributed by atoms with E-state index in [4.69, 9.17) is 9.26 Å². The number of benzene rings is 2. The molecule has 0 unspecified atom stereocenters. The van der Waals surface area contributed by atoms with Crippen molar-refractivity contribution in [3.63, 3.8) is 0 Å². The normalized spacial score (nSPS) is 17.0. The molecule has 0 aliphatic carbocycles. The van der Waals surface area contributed by atoms with E-state index in [0.29, 0.717) is 18.0 Å². The summed E-state index contributed by atoms with van der Waals surface area (Å²) in [6, 6.07) is 15.3. The molecule has 0 spiro atoms. The second-order valence-corrected chi connectivity index (χ2v) is 7.19. The molecule has 0 N–H and O–H groups in total. The van der Waals surface area contributed by atoms with Gasteiger partial charge in [0.25, 0.3) is 5.91 Å². The van der Waals surface area contributed by atoms with E-state index in [-0.39, 0.29) is 17.5 Å². The van der Waals surface area contributed by atoms with Gasteiger partial charge in [0, 0.05) is 18.2 Å². The lowest BCUT2D eigenvalue weighted by Crippen LogP contribution is -2.35. The molecule has 6 heteroatoms. The number of nitrogens with zero attached hydrogens (tertiary/aromatic N) is 2. The number of hydrogen-bond acceptors (Lipinski definition) is 4. The minimum atomic E-state index is -0.500. The first-order chi connectivity index (χ1) is 14.2. The molecule has 1 saturated heterocycles. The second-order valence-electron chi connectivity index (χ2n) is 7.19. The zero-order valence-electron chi connectivity index (χ0n) is 16.3. The number of carbonyl (C=O) groups is 1. The van der Waals surface area contributed by atoms with E-state index >= 15 is 0 Å². The number of ether oxygens (including phenoxy) is 1. The summed E-state index contributed by atoms with van der Waals surface area (Å²) >= 11 is 0. The minimum Gasteiger partial charge on any atom is -0.497 e. The van der Waals surface area contributed by atoms with Crippen LogP contribution in [-0.4, -0.2) is 29.6 Å². The van der Waals surface area contributed by atoms with Crippen molar-refractivity contribution in [3.05, 3.63) is 71.7 Å². The van der Waals surface area contributed by atoms with Crippen LogP contribution in [0.15, 0.2) is 59.1 Å². The molecule has 1 aliphatic heterocycles. The van der Waals surface area contributed by atoms with Gasteiger partial charge in [-0.05, 0) is 49.2 Å². The van der Waals surface area contributed by atoms with Gasteiger partial charge in [-0.2, -0.15) is 0 Å². The Bertz CT molecular complexity index is 984. The first kappa shape index (κ1) is 19.2. The van der Waals surface area contributed by atoms with Crippen LogP contribution < -0.4 is 4.74 Å². The van der Waals surface area contributed by atoms with Crippen LogP contribution in [0.5, 0.6) is 5.75 Å². The van der Waals surface area contributed by atoms with Crippen LogP contribution in [0.3, 0.4) is 0 Å². The van der Waals surface area contributed by atoms with Crippen LogP contribution >= 0.6 is 0 Å². The molecule has 2 aromatic carbocycles. The fourth-order valence-corrected chi connectivity index (χ4v) is 3.79. The third kappa shape index (κ3) is 4.01. The summed E-state index contributed by atoms with van der Waals surface area (Å²) in [6.07, 6.45) is 3.67. The monoisotopic (exact) mass is 394 g/mol. The Morgan fingerprint density at radius 1 is 1.14 bits per heavy atom. The minimum absolute atomic E-state index is 0.0956. The third-order valence-electron chi connectivity index (χ3n) is 5.36. The van der Waals surface area contributed by atoms with Crippen LogP contribution in [0.25, 0.3) is 11.3 Å². The molecule has 1 aromatic heterocycles. The number of aromatic nitrogens is 1. The summed E-state index contributed by atoms with van der Waals surface area (Å²) in [5.74, 6) is 0.590.